The van der Waals surface area contributed by atoms with E-state index >= 15 is 0 Å². The Labute approximate surface area is 264 Å². The number of nitriles is 2. The van der Waals surface area contributed by atoms with E-state index in [1.54, 1.807) is 19.5 Å². The summed E-state index contributed by atoms with van der Waals surface area (Å²) in [6.07, 6.45) is 10.5. The number of pyridine rings is 2. The first-order chi connectivity index (χ1) is 21.8. The van der Waals surface area contributed by atoms with Crippen LogP contribution in [0.5, 0.6) is 5.88 Å². The van der Waals surface area contributed by atoms with Crippen LogP contribution in [0.2, 0.25) is 0 Å². The molecule has 1 aliphatic carbocycles. The molecule has 10 heteroatoms. The van der Waals surface area contributed by atoms with Gasteiger partial charge >= 0.3 is 0 Å². The number of anilines is 2. The third-order valence-corrected chi connectivity index (χ3v) is 8.58. The van der Waals surface area contributed by atoms with Crippen molar-refractivity contribution in [2.24, 2.45) is 11.3 Å². The summed E-state index contributed by atoms with van der Waals surface area (Å²) in [6.45, 7) is 7.95. The molecule has 0 amide bonds. The quantitative estimate of drug-likeness (QED) is 0.160. The second-order valence-corrected chi connectivity index (χ2v) is 13.0. The van der Waals surface area contributed by atoms with Crippen LogP contribution in [-0.4, -0.2) is 35.2 Å². The molecule has 45 heavy (non-hydrogen) atoms. The highest BCUT2D eigenvalue weighted by Crippen LogP contribution is 2.37. The van der Waals surface area contributed by atoms with Crippen LogP contribution in [-0.2, 0) is 0 Å². The number of fused-ring (bicyclic) bond motifs is 2. The van der Waals surface area contributed by atoms with Crippen LogP contribution in [0.4, 0.5) is 11.4 Å². The molecule has 2 aromatic carbocycles. The number of nitrogens with one attached hydrogen (secondary N) is 4. The molecule has 1 atom stereocenters. The standard InChI is InChI=1S/C35H39N9O/c1-35(2,3)21-40-32-24(18-37)19-39-31-23(17-36)15-25(16-29(31)32)41-33(30-20-44(43-42-30)14-12-22-7-5-8-22)27-9-6-10-28-26(27)11-13-38-34(28)45-4/h6,9-11,13,15-16,19-20,22,33,41-43H,5,7-8,12,14,21H2,1-4H3,(H,39,40)/t33-/m0/s1. The molecule has 4 N–H and O–H groups in total. The fourth-order valence-corrected chi connectivity index (χ4v) is 5.95. The average molecular weight is 602 g/mol. The first-order valence-corrected chi connectivity index (χ1v) is 15.5. The Hall–Kier alpha value is -5.06. The van der Waals surface area contributed by atoms with Gasteiger partial charge in [0.2, 0.25) is 5.88 Å². The molecule has 0 radical (unpaired) electrons. The fourth-order valence-electron chi connectivity index (χ4n) is 5.95. The summed E-state index contributed by atoms with van der Waals surface area (Å²) in [7, 11) is 1.63. The maximum absolute atomic E-state index is 10.2. The van der Waals surface area contributed by atoms with E-state index in [1.807, 2.05) is 30.3 Å². The van der Waals surface area contributed by atoms with Crippen molar-refractivity contribution in [1.29, 1.82) is 10.5 Å². The molecular weight excluding hydrogens is 562 g/mol. The van der Waals surface area contributed by atoms with Crippen molar-refractivity contribution in [2.45, 2.75) is 52.5 Å². The number of hydrogen-bond acceptors (Lipinski definition) is 10. The maximum Gasteiger partial charge on any atom is 0.221 e. The smallest absolute Gasteiger partial charge is 0.221 e. The van der Waals surface area contributed by atoms with Crippen molar-refractivity contribution in [2.75, 3.05) is 30.8 Å². The van der Waals surface area contributed by atoms with E-state index in [2.05, 4.69) is 81.7 Å². The van der Waals surface area contributed by atoms with Crippen LogP contribution in [0.1, 0.15) is 69.2 Å². The zero-order valence-corrected chi connectivity index (χ0v) is 26.2. The van der Waals surface area contributed by atoms with Gasteiger partial charge in [-0.05, 0) is 53.0 Å². The third kappa shape index (κ3) is 6.29. The summed E-state index contributed by atoms with van der Waals surface area (Å²) < 4.78 is 5.60. The predicted molar refractivity (Wildman–Crippen MR) is 177 cm³/mol. The van der Waals surface area contributed by atoms with Gasteiger partial charge in [-0.1, -0.05) is 52.2 Å². The highest BCUT2D eigenvalue weighted by molar-refractivity contribution is 5.99. The molecule has 0 saturated heterocycles. The Morgan fingerprint density at radius 1 is 1.07 bits per heavy atom. The molecule has 1 fully saturated rings. The Kier molecular flexibility index (Phi) is 8.34. The molecule has 1 aliphatic heterocycles. The summed E-state index contributed by atoms with van der Waals surface area (Å²) in [5.41, 5.74) is 11.5. The number of benzene rings is 2. The van der Waals surface area contributed by atoms with E-state index in [0.29, 0.717) is 34.8 Å². The molecule has 4 aromatic rings. The lowest BCUT2D eigenvalue weighted by Gasteiger charge is -2.27. The first-order valence-electron chi connectivity index (χ1n) is 15.5. The van der Waals surface area contributed by atoms with Crippen molar-refractivity contribution >= 4 is 33.1 Å². The monoisotopic (exact) mass is 601 g/mol. The fraction of sp³-hybridized carbons (Fsp3) is 0.371. The van der Waals surface area contributed by atoms with E-state index in [-0.39, 0.29) is 11.5 Å². The highest BCUT2D eigenvalue weighted by Gasteiger charge is 2.27. The second kappa shape index (κ2) is 12.5. The largest absolute Gasteiger partial charge is 0.481 e. The van der Waals surface area contributed by atoms with Crippen molar-refractivity contribution in [3.05, 3.63) is 77.4 Å². The molecular formula is C35H39N9O. The van der Waals surface area contributed by atoms with Gasteiger partial charge in [0.05, 0.1) is 41.2 Å². The second-order valence-electron chi connectivity index (χ2n) is 13.0. The number of rotatable bonds is 10. The minimum Gasteiger partial charge on any atom is -0.481 e. The molecule has 1 saturated carbocycles. The molecule has 2 aromatic heterocycles. The maximum atomic E-state index is 10.2. The number of methoxy groups -OCH3 is 1. The molecule has 0 bridgehead atoms. The lowest BCUT2D eigenvalue weighted by molar-refractivity contribution is 0.213. The molecule has 3 heterocycles. The van der Waals surface area contributed by atoms with Gasteiger partial charge in [0.1, 0.15) is 12.1 Å². The summed E-state index contributed by atoms with van der Waals surface area (Å²) in [4.78, 5) is 8.95. The number of hydrazine groups is 2. The molecule has 0 unspecified atom stereocenters. The van der Waals surface area contributed by atoms with Crippen molar-refractivity contribution in [3.63, 3.8) is 0 Å². The highest BCUT2D eigenvalue weighted by atomic mass is 16.5. The molecule has 2 aliphatic rings. The van der Waals surface area contributed by atoms with Crippen LogP contribution >= 0.6 is 0 Å². The normalized spacial score (nSPS) is 15.5. The molecule has 10 nitrogen and oxygen atoms in total. The van der Waals surface area contributed by atoms with Gasteiger partial charge in [-0.2, -0.15) is 10.5 Å². The van der Waals surface area contributed by atoms with Crippen LogP contribution in [0.3, 0.4) is 0 Å². The molecule has 6 rings (SSSR count). The van der Waals surface area contributed by atoms with Gasteiger partial charge in [0.25, 0.3) is 0 Å². The van der Waals surface area contributed by atoms with Crippen LogP contribution in [0.25, 0.3) is 21.7 Å². The Balaban J connectivity index is 1.45. The average Bonchev–Trinajstić information content (AvgIpc) is 3.48. The Morgan fingerprint density at radius 3 is 2.60 bits per heavy atom. The SMILES string of the molecule is COc1nccc2c([C@H](Nc3cc(C#N)c4ncc(C#N)c(NCC(C)(C)C)c4c3)C3=CN(CCC4CCC4)NN3)cccc12. The van der Waals surface area contributed by atoms with E-state index in [4.69, 9.17) is 4.74 Å². The van der Waals surface area contributed by atoms with E-state index in [9.17, 15) is 10.5 Å². The van der Waals surface area contributed by atoms with Gasteiger partial charge in [-0.15, -0.1) is 5.53 Å². The van der Waals surface area contributed by atoms with Crippen LogP contribution in [0.15, 0.2) is 60.7 Å². The van der Waals surface area contributed by atoms with Gasteiger partial charge in [0, 0.05) is 48.1 Å². The van der Waals surface area contributed by atoms with Crippen molar-refractivity contribution in [1.82, 2.24) is 25.9 Å². The zero-order chi connectivity index (χ0) is 31.6. The third-order valence-electron chi connectivity index (χ3n) is 8.58. The van der Waals surface area contributed by atoms with E-state index in [0.717, 1.165) is 52.0 Å². The van der Waals surface area contributed by atoms with Gasteiger partial charge in [-0.3, -0.25) is 9.99 Å². The van der Waals surface area contributed by atoms with Crippen LogP contribution < -0.4 is 26.3 Å². The topological polar surface area (TPSA) is 134 Å². The summed E-state index contributed by atoms with van der Waals surface area (Å²) in [5.74, 6) is 1.36. The number of nitrogens with zero attached hydrogens (tertiary/aromatic N) is 5. The minimum absolute atomic E-state index is 0.0241. The van der Waals surface area contributed by atoms with E-state index in [1.165, 1.54) is 19.3 Å². The van der Waals surface area contributed by atoms with E-state index < -0.39 is 0 Å². The Morgan fingerprint density at radius 2 is 1.89 bits per heavy atom. The van der Waals surface area contributed by atoms with Gasteiger partial charge < -0.3 is 20.8 Å². The lowest BCUT2D eigenvalue weighted by atomic mass is 9.83. The predicted octanol–water partition coefficient (Wildman–Crippen LogP) is 6.50. The Bertz CT molecular complexity index is 1840. The molecule has 0 spiro atoms. The molecule has 230 valence electrons. The van der Waals surface area contributed by atoms with Crippen molar-refractivity contribution in [3.8, 4) is 18.0 Å². The lowest BCUT2D eigenvalue weighted by Crippen LogP contribution is -2.38. The zero-order valence-electron chi connectivity index (χ0n) is 26.2. The first kappa shape index (κ1) is 30.0. The summed E-state index contributed by atoms with van der Waals surface area (Å²) in [5, 5.41) is 32.1. The minimum atomic E-state index is -0.330. The van der Waals surface area contributed by atoms with Gasteiger partial charge in [-0.25, -0.2) is 4.98 Å². The van der Waals surface area contributed by atoms with Crippen molar-refractivity contribution < 1.29 is 4.74 Å². The van der Waals surface area contributed by atoms with Crippen LogP contribution in [0, 0.1) is 34.0 Å². The number of hydrogen-bond donors (Lipinski definition) is 4. The summed E-state index contributed by atoms with van der Waals surface area (Å²) >= 11 is 0. The number of ether oxygens (including phenoxy) is 1. The number of aromatic nitrogens is 2. The van der Waals surface area contributed by atoms with Gasteiger partial charge in [0.15, 0.2) is 0 Å². The summed E-state index contributed by atoms with van der Waals surface area (Å²) in [6, 6.07) is 16.2.